The van der Waals surface area contributed by atoms with Crippen LogP contribution in [-0.2, 0) is 12.7 Å². The summed E-state index contributed by atoms with van der Waals surface area (Å²) in [6, 6.07) is 7.41. The number of nitrogens with zero attached hydrogens (tertiary/aromatic N) is 3. The average molecular weight is 354 g/mol. The Bertz CT molecular complexity index is 695. The van der Waals surface area contributed by atoms with Crippen molar-refractivity contribution in [3.05, 3.63) is 53.7 Å². The molecule has 0 unspecified atom stereocenters. The fourth-order valence-electron chi connectivity index (χ4n) is 2.88. The zero-order valence-corrected chi connectivity index (χ0v) is 13.4. The second kappa shape index (κ2) is 7.35. The van der Waals surface area contributed by atoms with E-state index in [9.17, 15) is 17.6 Å². The molecular formula is C17H18F4N4. The first-order valence-corrected chi connectivity index (χ1v) is 8.03. The maximum Gasteiger partial charge on any atom is 0.433 e. The van der Waals surface area contributed by atoms with Crippen LogP contribution in [0.5, 0.6) is 0 Å². The Morgan fingerprint density at radius 1 is 1.08 bits per heavy atom. The van der Waals surface area contributed by atoms with Gasteiger partial charge < -0.3 is 5.32 Å². The van der Waals surface area contributed by atoms with Gasteiger partial charge in [0, 0.05) is 31.7 Å². The summed E-state index contributed by atoms with van der Waals surface area (Å²) >= 11 is 0. The van der Waals surface area contributed by atoms with Gasteiger partial charge in [-0.2, -0.15) is 13.2 Å². The van der Waals surface area contributed by atoms with Crippen LogP contribution in [-0.4, -0.2) is 34.0 Å². The molecule has 0 bridgehead atoms. The van der Waals surface area contributed by atoms with Crippen molar-refractivity contribution in [2.45, 2.75) is 31.6 Å². The SMILES string of the molecule is Fc1ccc(CN2CCC(Nc3cc(C(F)(F)F)ncn3)CC2)cc1. The number of rotatable bonds is 4. The molecule has 0 spiro atoms. The molecule has 1 aliphatic heterocycles. The Hall–Kier alpha value is -2.22. The van der Waals surface area contributed by atoms with Gasteiger partial charge in [-0.25, -0.2) is 14.4 Å². The lowest BCUT2D eigenvalue weighted by Gasteiger charge is -2.32. The molecule has 1 fully saturated rings. The number of benzene rings is 1. The van der Waals surface area contributed by atoms with Gasteiger partial charge in [0.15, 0.2) is 0 Å². The molecule has 0 atom stereocenters. The normalized spacial score (nSPS) is 16.8. The lowest BCUT2D eigenvalue weighted by atomic mass is 10.0. The van der Waals surface area contributed by atoms with Gasteiger partial charge in [0.05, 0.1) is 0 Å². The molecule has 2 aromatic rings. The first-order chi connectivity index (χ1) is 11.9. The van der Waals surface area contributed by atoms with Gasteiger partial charge in [-0.05, 0) is 30.5 Å². The fourth-order valence-corrected chi connectivity index (χ4v) is 2.88. The Morgan fingerprint density at radius 2 is 1.76 bits per heavy atom. The minimum Gasteiger partial charge on any atom is -0.367 e. The lowest BCUT2D eigenvalue weighted by molar-refractivity contribution is -0.141. The molecule has 25 heavy (non-hydrogen) atoms. The second-order valence-electron chi connectivity index (χ2n) is 6.11. The Morgan fingerprint density at radius 3 is 2.40 bits per heavy atom. The number of hydrogen-bond acceptors (Lipinski definition) is 4. The summed E-state index contributed by atoms with van der Waals surface area (Å²) in [6.07, 6.45) is -1.95. The predicted molar refractivity (Wildman–Crippen MR) is 85.4 cm³/mol. The van der Waals surface area contributed by atoms with Crippen LogP contribution in [0, 0.1) is 5.82 Å². The molecule has 0 saturated carbocycles. The summed E-state index contributed by atoms with van der Waals surface area (Å²) in [5.74, 6) is -0.0611. The minimum absolute atomic E-state index is 0.0699. The van der Waals surface area contributed by atoms with Gasteiger partial charge >= 0.3 is 6.18 Å². The minimum atomic E-state index is -4.47. The molecule has 2 heterocycles. The van der Waals surface area contributed by atoms with Crippen LogP contribution < -0.4 is 5.32 Å². The Kier molecular flexibility index (Phi) is 5.17. The zero-order chi connectivity index (χ0) is 17.9. The van der Waals surface area contributed by atoms with Crippen LogP contribution in [0.4, 0.5) is 23.4 Å². The zero-order valence-electron chi connectivity index (χ0n) is 13.4. The lowest BCUT2D eigenvalue weighted by Crippen LogP contribution is -2.38. The van der Waals surface area contributed by atoms with Gasteiger partial charge in [0.1, 0.15) is 23.7 Å². The third-order valence-electron chi connectivity index (χ3n) is 4.22. The second-order valence-corrected chi connectivity index (χ2v) is 6.11. The molecule has 3 rings (SSSR count). The van der Waals surface area contributed by atoms with Gasteiger partial charge in [0.25, 0.3) is 0 Å². The first kappa shape index (κ1) is 17.6. The summed E-state index contributed by atoms with van der Waals surface area (Å²) in [5, 5.41) is 3.06. The maximum absolute atomic E-state index is 12.9. The summed E-state index contributed by atoms with van der Waals surface area (Å²) in [4.78, 5) is 9.37. The van der Waals surface area contributed by atoms with E-state index < -0.39 is 11.9 Å². The van der Waals surface area contributed by atoms with E-state index in [4.69, 9.17) is 0 Å². The van der Waals surface area contributed by atoms with Crippen molar-refractivity contribution in [2.75, 3.05) is 18.4 Å². The molecular weight excluding hydrogens is 336 g/mol. The first-order valence-electron chi connectivity index (χ1n) is 8.03. The molecule has 1 saturated heterocycles. The van der Waals surface area contributed by atoms with Gasteiger partial charge in [0.2, 0.25) is 0 Å². The molecule has 1 aromatic heterocycles. The van der Waals surface area contributed by atoms with E-state index in [-0.39, 0.29) is 17.7 Å². The van der Waals surface area contributed by atoms with Crippen molar-refractivity contribution in [2.24, 2.45) is 0 Å². The molecule has 0 amide bonds. The van der Waals surface area contributed by atoms with E-state index in [2.05, 4.69) is 20.2 Å². The van der Waals surface area contributed by atoms with Crippen molar-refractivity contribution in [3.8, 4) is 0 Å². The van der Waals surface area contributed by atoms with Crippen molar-refractivity contribution < 1.29 is 17.6 Å². The van der Waals surface area contributed by atoms with Crippen molar-refractivity contribution in [3.63, 3.8) is 0 Å². The van der Waals surface area contributed by atoms with Crippen LogP contribution >= 0.6 is 0 Å². The van der Waals surface area contributed by atoms with Gasteiger partial charge in [-0.15, -0.1) is 0 Å². The smallest absolute Gasteiger partial charge is 0.367 e. The molecule has 0 aliphatic carbocycles. The van der Waals surface area contributed by atoms with E-state index in [1.54, 1.807) is 12.1 Å². The Labute approximate surface area is 142 Å². The van der Waals surface area contributed by atoms with Crippen LogP contribution in [0.2, 0.25) is 0 Å². The summed E-state index contributed by atoms with van der Waals surface area (Å²) in [7, 11) is 0. The van der Waals surface area contributed by atoms with E-state index in [1.165, 1.54) is 12.1 Å². The highest BCUT2D eigenvalue weighted by atomic mass is 19.4. The van der Waals surface area contributed by atoms with Crippen LogP contribution in [0.1, 0.15) is 24.1 Å². The molecule has 1 N–H and O–H groups in total. The molecule has 1 aliphatic rings. The number of alkyl halides is 3. The average Bonchev–Trinajstić information content (AvgIpc) is 2.58. The number of nitrogens with one attached hydrogen (secondary N) is 1. The van der Waals surface area contributed by atoms with Crippen molar-refractivity contribution in [1.29, 1.82) is 0 Å². The quantitative estimate of drug-likeness (QED) is 0.850. The highest BCUT2D eigenvalue weighted by molar-refractivity contribution is 5.36. The van der Waals surface area contributed by atoms with Gasteiger partial charge in [-0.1, -0.05) is 12.1 Å². The van der Waals surface area contributed by atoms with Gasteiger partial charge in [-0.3, -0.25) is 4.90 Å². The number of aromatic nitrogens is 2. The number of anilines is 1. The van der Waals surface area contributed by atoms with Crippen LogP contribution in [0.3, 0.4) is 0 Å². The number of halogens is 4. The molecule has 8 heteroatoms. The number of piperidine rings is 1. The van der Waals surface area contributed by atoms with E-state index in [0.29, 0.717) is 0 Å². The molecule has 1 aromatic carbocycles. The largest absolute Gasteiger partial charge is 0.433 e. The highest BCUT2D eigenvalue weighted by Gasteiger charge is 2.33. The summed E-state index contributed by atoms with van der Waals surface area (Å²) in [6.45, 7) is 2.36. The van der Waals surface area contributed by atoms with E-state index in [0.717, 1.165) is 50.4 Å². The maximum atomic E-state index is 12.9. The number of hydrogen-bond donors (Lipinski definition) is 1. The topological polar surface area (TPSA) is 41.0 Å². The standard InChI is InChI=1S/C17H18F4N4/c18-13-3-1-12(2-4-13)10-25-7-5-14(6-8-25)24-16-9-15(17(19,20)21)22-11-23-16/h1-4,9,11,14H,5-8,10H2,(H,22,23,24). The van der Waals surface area contributed by atoms with Crippen LogP contribution in [0.15, 0.2) is 36.7 Å². The molecule has 4 nitrogen and oxygen atoms in total. The molecule has 0 radical (unpaired) electrons. The monoisotopic (exact) mass is 354 g/mol. The highest BCUT2D eigenvalue weighted by Crippen LogP contribution is 2.28. The number of likely N-dealkylation sites (tertiary alicyclic amines) is 1. The van der Waals surface area contributed by atoms with Crippen molar-refractivity contribution >= 4 is 5.82 Å². The third kappa shape index (κ3) is 4.88. The third-order valence-corrected chi connectivity index (χ3v) is 4.22. The van der Waals surface area contributed by atoms with E-state index in [1.807, 2.05) is 0 Å². The summed E-state index contributed by atoms with van der Waals surface area (Å²) in [5.41, 5.74) is 0.0946. The molecule has 134 valence electrons. The van der Waals surface area contributed by atoms with Crippen LogP contribution in [0.25, 0.3) is 0 Å². The summed E-state index contributed by atoms with van der Waals surface area (Å²) < 4.78 is 51.0. The fraction of sp³-hybridized carbons (Fsp3) is 0.412. The van der Waals surface area contributed by atoms with E-state index >= 15 is 0 Å². The predicted octanol–water partition coefficient (Wildman–Crippen LogP) is 3.71. The van der Waals surface area contributed by atoms with Crippen molar-refractivity contribution in [1.82, 2.24) is 14.9 Å². The Balaban J connectivity index is 1.52.